The third-order valence-electron chi connectivity index (χ3n) is 2.52. The number of pyridine rings is 1. The summed E-state index contributed by atoms with van der Waals surface area (Å²) in [6.07, 6.45) is 1.56. The Balaban J connectivity index is 1.88. The number of carbonyl (C=O) groups is 1. The van der Waals surface area contributed by atoms with E-state index in [0.717, 1.165) is 11.3 Å². The summed E-state index contributed by atoms with van der Waals surface area (Å²) >= 11 is 0. The van der Waals surface area contributed by atoms with Gasteiger partial charge in [0.2, 0.25) is 0 Å². The standard InChI is InChI=1S/C16H14N2O/c1-13-9-10-15(12-18-13)16(19)17-11-5-8-14-6-3-2-4-7-14/h2-4,6-7,9-10,12H,11H2,1H3,(H,17,19). The van der Waals surface area contributed by atoms with Crippen LogP contribution in [0.3, 0.4) is 0 Å². The van der Waals surface area contributed by atoms with Gasteiger partial charge in [-0.2, -0.15) is 0 Å². The number of nitrogens with one attached hydrogen (secondary N) is 1. The molecular formula is C16H14N2O. The first-order chi connectivity index (χ1) is 9.25. The van der Waals surface area contributed by atoms with Crippen LogP contribution in [-0.2, 0) is 0 Å². The van der Waals surface area contributed by atoms with Crippen LogP contribution in [-0.4, -0.2) is 17.4 Å². The van der Waals surface area contributed by atoms with Gasteiger partial charge in [0.05, 0.1) is 12.1 Å². The van der Waals surface area contributed by atoms with Crippen molar-refractivity contribution in [3.05, 3.63) is 65.5 Å². The van der Waals surface area contributed by atoms with Crippen LogP contribution < -0.4 is 5.32 Å². The molecule has 1 heterocycles. The summed E-state index contributed by atoms with van der Waals surface area (Å²) in [4.78, 5) is 15.8. The Hall–Kier alpha value is -2.60. The second kappa shape index (κ2) is 6.36. The van der Waals surface area contributed by atoms with Gasteiger partial charge in [0.25, 0.3) is 5.91 Å². The molecule has 0 aliphatic heterocycles. The van der Waals surface area contributed by atoms with E-state index < -0.39 is 0 Å². The molecule has 0 atom stereocenters. The highest BCUT2D eigenvalue weighted by molar-refractivity contribution is 5.93. The van der Waals surface area contributed by atoms with Gasteiger partial charge < -0.3 is 5.32 Å². The number of aryl methyl sites for hydroxylation is 1. The van der Waals surface area contributed by atoms with Crippen LogP contribution in [0, 0.1) is 18.8 Å². The molecule has 1 N–H and O–H groups in total. The third kappa shape index (κ3) is 3.97. The van der Waals surface area contributed by atoms with Gasteiger partial charge in [0.15, 0.2) is 0 Å². The summed E-state index contributed by atoms with van der Waals surface area (Å²) in [5, 5.41) is 2.74. The SMILES string of the molecule is Cc1ccc(C(=O)NCC#Cc2ccccc2)cn1. The first kappa shape index (κ1) is 12.8. The van der Waals surface area contributed by atoms with Crippen LogP contribution >= 0.6 is 0 Å². The van der Waals surface area contributed by atoms with Gasteiger partial charge in [0.1, 0.15) is 0 Å². The number of carbonyl (C=O) groups excluding carboxylic acids is 1. The van der Waals surface area contributed by atoms with Gasteiger partial charge in [-0.25, -0.2) is 0 Å². The molecule has 1 amide bonds. The molecule has 0 unspecified atom stereocenters. The van der Waals surface area contributed by atoms with Crippen LogP contribution in [0.1, 0.15) is 21.6 Å². The number of aromatic nitrogens is 1. The van der Waals surface area contributed by atoms with Crippen molar-refractivity contribution < 1.29 is 4.79 Å². The van der Waals surface area contributed by atoms with Gasteiger partial charge in [-0.3, -0.25) is 9.78 Å². The second-order valence-corrected chi connectivity index (χ2v) is 4.04. The summed E-state index contributed by atoms with van der Waals surface area (Å²) < 4.78 is 0. The maximum atomic E-state index is 11.7. The molecule has 0 aliphatic rings. The minimum atomic E-state index is -0.158. The Labute approximate surface area is 112 Å². The van der Waals surface area contributed by atoms with Crippen molar-refractivity contribution in [3.8, 4) is 11.8 Å². The molecule has 3 nitrogen and oxygen atoms in total. The normalized spacial score (nSPS) is 9.32. The van der Waals surface area contributed by atoms with E-state index in [2.05, 4.69) is 22.1 Å². The molecule has 0 saturated heterocycles. The Morgan fingerprint density at radius 3 is 2.68 bits per heavy atom. The van der Waals surface area contributed by atoms with Gasteiger partial charge in [0, 0.05) is 17.5 Å². The number of hydrogen-bond acceptors (Lipinski definition) is 2. The molecule has 1 aromatic carbocycles. The van der Waals surface area contributed by atoms with Crippen LogP contribution in [0.15, 0.2) is 48.7 Å². The zero-order chi connectivity index (χ0) is 13.5. The van der Waals surface area contributed by atoms with Crippen molar-refractivity contribution in [2.75, 3.05) is 6.54 Å². The van der Waals surface area contributed by atoms with Crippen molar-refractivity contribution in [1.29, 1.82) is 0 Å². The van der Waals surface area contributed by atoms with E-state index >= 15 is 0 Å². The van der Waals surface area contributed by atoms with Crippen LogP contribution in [0.25, 0.3) is 0 Å². The molecule has 0 spiro atoms. The lowest BCUT2D eigenvalue weighted by molar-refractivity contribution is 0.0958. The van der Waals surface area contributed by atoms with Crippen LogP contribution in [0.4, 0.5) is 0 Å². The van der Waals surface area contributed by atoms with Gasteiger partial charge >= 0.3 is 0 Å². The fourth-order valence-electron chi connectivity index (χ4n) is 1.50. The monoisotopic (exact) mass is 250 g/mol. The van der Waals surface area contributed by atoms with Gasteiger partial charge in [-0.15, -0.1) is 0 Å². The average molecular weight is 250 g/mol. The second-order valence-electron chi connectivity index (χ2n) is 4.04. The summed E-state index contributed by atoms with van der Waals surface area (Å²) in [6, 6.07) is 13.2. The summed E-state index contributed by atoms with van der Waals surface area (Å²) in [7, 11) is 0. The van der Waals surface area contributed by atoms with Crippen LogP contribution in [0.5, 0.6) is 0 Å². The van der Waals surface area contributed by atoms with Crippen molar-refractivity contribution >= 4 is 5.91 Å². The number of nitrogens with zero attached hydrogens (tertiary/aromatic N) is 1. The molecule has 2 rings (SSSR count). The van der Waals surface area contributed by atoms with E-state index in [1.165, 1.54) is 0 Å². The maximum Gasteiger partial charge on any atom is 0.253 e. The lowest BCUT2D eigenvalue weighted by Crippen LogP contribution is -2.23. The third-order valence-corrected chi connectivity index (χ3v) is 2.52. The Kier molecular flexibility index (Phi) is 4.30. The highest BCUT2D eigenvalue weighted by atomic mass is 16.1. The molecule has 1 aromatic heterocycles. The van der Waals surface area contributed by atoms with Crippen molar-refractivity contribution in [2.45, 2.75) is 6.92 Å². The molecule has 3 heteroatoms. The number of benzene rings is 1. The lowest BCUT2D eigenvalue weighted by atomic mass is 10.2. The van der Waals surface area contributed by atoms with E-state index in [0.29, 0.717) is 12.1 Å². The molecular weight excluding hydrogens is 236 g/mol. The number of amides is 1. The largest absolute Gasteiger partial charge is 0.341 e. The van der Waals surface area contributed by atoms with Crippen molar-refractivity contribution in [3.63, 3.8) is 0 Å². The molecule has 0 radical (unpaired) electrons. The van der Waals surface area contributed by atoms with Gasteiger partial charge in [-0.1, -0.05) is 30.0 Å². The first-order valence-electron chi connectivity index (χ1n) is 6.00. The predicted octanol–water partition coefficient (Wildman–Crippen LogP) is 2.17. The predicted molar refractivity (Wildman–Crippen MR) is 74.6 cm³/mol. The minimum Gasteiger partial charge on any atom is -0.341 e. The van der Waals surface area contributed by atoms with Gasteiger partial charge in [-0.05, 0) is 31.2 Å². The Morgan fingerprint density at radius 1 is 1.21 bits per heavy atom. The Bertz CT molecular complexity index is 607. The fraction of sp³-hybridized carbons (Fsp3) is 0.125. The highest BCUT2D eigenvalue weighted by Crippen LogP contribution is 1.98. The number of rotatable bonds is 2. The number of hydrogen-bond donors (Lipinski definition) is 1. The zero-order valence-electron chi connectivity index (χ0n) is 10.7. The molecule has 0 saturated carbocycles. The molecule has 0 bridgehead atoms. The molecule has 2 aromatic rings. The van der Waals surface area contributed by atoms with Crippen molar-refractivity contribution in [2.24, 2.45) is 0 Å². The zero-order valence-corrected chi connectivity index (χ0v) is 10.7. The van der Waals surface area contributed by atoms with E-state index in [-0.39, 0.29) is 5.91 Å². The summed E-state index contributed by atoms with van der Waals surface area (Å²) in [5.74, 6) is 5.73. The lowest BCUT2D eigenvalue weighted by Gasteiger charge is -2.00. The fourth-order valence-corrected chi connectivity index (χ4v) is 1.50. The van der Waals surface area contributed by atoms with Crippen molar-refractivity contribution in [1.82, 2.24) is 10.3 Å². The van der Waals surface area contributed by atoms with E-state index in [9.17, 15) is 4.79 Å². The Morgan fingerprint density at radius 2 is 2.00 bits per heavy atom. The summed E-state index contributed by atoms with van der Waals surface area (Å²) in [6.45, 7) is 2.20. The van der Waals surface area contributed by atoms with E-state index in [1.54, 1.807) is 12.3 Å². The minimum absolute atomic E-state index is 0.158. The topological polar surface area (TPSA) is 42.0 Å². The van der Waals surface area contributed by atoms with E-state index in [1.807, 2.05) is 43.3 Å². The molecule has 19 heavy (non-hydrogen) atoms. The quantitative estimate of drug-likeness (QED) is 0.830. The first-order valence-corrected chi connectivity index (χ1v) is 6.00. The summed E-state index contributed by atoms with van der Waals surface area (Å²) in [5.41, 5.74) is 2.38. The molecule has 94 valence electrons. The molecule has 0 fully saturated rings. The molecule has 0 aliphatic carbocycles. The average Bonchev–Trinajstić information content (AvgIpc) is 2.45. The van der Waals surface area contributed by atoms with E-state index in [4.69, 9.17) is 0 Å². The maximum absolute atomic E-state index is 11.7. The highest BCUT2D eigenvalue weighted by Gasteiger charge is 2.03. The smallest absolute Gasteiger partial charge is 0.253 e. The van der Waals surface area contributed by atoms with Crippen LogP contribution in [0.2, 0.25) is 0 Å².